The first-order valence-electron chi connectivity index (χ1n) is 4.58. The maximum absolute atomic E-state index is 13.1. The predicted molar refractivity (Wildman–Crippen MR) is 49.5 cm³/mol. The van der Waals surface area contributed by atoms with Crippen LogP contribution in [0.1, 0.15) is 25.8 Å². The number of hydrogen-bond acceptors (Lipinski definition) is 0. The first kappa shape index (κ1) is 10.2. The maximum Gasteiger partial charge on any atom is 0.129 e. The van der Waals surface area contributed by atoms with Crippen LogP contribution in [0.25, 0.3) is 0 Å². The van der Waals surface area contributed by atoms with E-state index in [0.29, 0.717) is 12.3 Å². The van der Waals surface area contributed by atoms with E-state index in [1.54, 1.807) is 0 Å². The number of hydrogen-bond donors (Lipinski definition) is 0. The van der Waals surface area contributed by atoms with Crippen molar-refractivity contribution >= 4 is 0 Å². The Morgan fingerprint density at radius 3 is 2.23 bits per heavy atom. The highest BCUT2D eigenvalue weighted by molar-refractivity contribution is 5.20. The Labute approximate surface area is 77.6 Å². The first-order chi connectivity index (χ1) is 6.15. The third-order valence-electron chi connectivity index (χ3n) is 2.31. The van der Waals surface area contributed by atoms with Gasteiger partial charge in [-0.25, -0.2) is 8.78 Å². The van der Waals surface area contributed by atoms with Crippen LogP contribution in [-0.4, -0.2) is 0 Å². The molecule has 1 unspecified atom stereocenters. The fourth-order valence-electron chi connectivity index (χ4n) is 1.22. The molecule has 0 nitrogen and oxygen atoms in total. The Hall–Kier alpha value is -0.920. The molecule has 0 radical (unpaired) electrons. The van der Waals surface area contributed by atoms with Crippen LogP contribution in [0.4, 0.5) is 8.78 Å². The summed E-state index contributed by atoms with van der Waals surface area (Å²) < 4.78 is 26.2. The summed E-state index contributed by atoms with van der Waals surface area (Å²) in [5, 5.41) is 0. The van der Waals surface area contributed by atoms with Crippen LogP contribution in [0.3, 0.4) is 0 Å². The number of benzene rings is 1. The molecule has 0 aromatic heterocycles. The summed E-state index contributed by atoms with van der Waals surface area (Å²) in [4.78, 5) is 0. The summed E-state index contributed by atoms with van der Waals surface area (Å²) >= 11 is 0. The molecule has 0 fully saturated rings. The molecule has 0 aliphatic carbocycles. The van der Waals surface area contributed by atoms with Crippen molar-refractivity contribution in [2.45, 2.75) is 26.7 Å². The molecule has 1 aromatic rings. The predicted octanol–water partition coefficient (Wildman–Crippen LogP) is 3.55. The molecule has 1 atom stereocenters. The Balaban J connectivity index is 2.87. The molecule has 1 rings (SSSR count). The average Bonchev–Trinajstić information content (AvgIpc) is 2.11. The van der Waals surface area contributed by atoms with Gasteiger partial charge in [0.25, 0.3) is 0 Å². The van der Waals surface area contributed by atoms with E-state index >= 15 is 0 Å². The van der Waals surface area contributed by atoms with Gasteiger partial charge in [-0.3, -0.25) is 0 Å². The van der Waals surface area contributed by atoms with Gasteiger partial charge in [-0.05, 0) is 24.5 Å². The van der Waals surface area contributed by atoms with E-state index in [-0.39, 0.29) is 5.56 Å². The fraction of sp³-hybridized carbons (Fsp3) is 0.455. The highest BCUT2D eigenvalue weighted by Crippen LogP contribution is 2.17. The van der Waals surface area contributed by atoms with E-state index < -0.39 is 11.6 Å². The van der Waals surface area contributed by atoms with E-state index in [1.807, 2.05) is 13.8 Å². The number of halogens is 2. The summed E-state index contributed by atoms with van der Waals surface area (Å²) in [7, 11) is 0. The van der Waals surface area contributed by atoms with E-state index in [9.17, 15) is 8.78 Å². The SMILES string of the molecule is CCC(C)Cc1c(F)cccc1F. The summed E-state index contributed by atoms with van der Waals surface area (Å²) in [6, 6.07) is 4.01. The van der Waals surface area contributed by atoms with E-state index in [0.717, 1.165) is 6.42 Å². The summed E-state index contributed by atoms with van der Waals surface area (Å²) in [5.74, 6) is -0.535. The highest BCUT2D eigenvalue weighted by atomic mass is 19.1. The largest absolute Gasteiger partial charge is 0.207 e. The quantitative estimate of drug-likeness (QED) is 0.673. The molecule has 0 amide bonds. The molecule has 0 N–H and O–H groups in total. The lowest BCUT2D eigenvalue weighted by atomic mass is 9.98. The van der Waals surface area contributed by atoms with E-state index in [2.05, 4.69) is 0 Å². The second-order valence-corrected chi connectivity index (χ2v) is 3.42. The Kier molecular flexibility index (Phi) is 3.40. The van der Waals surface area contributed by atoms with Crippen LogP contribution in [0, 0.1) is 17.6 Å². The van der Waals surface area contributed by atoms with Crippen molar-refractivity contribution in [3.05, 3.63) is 35.4 Å². The normalized spacial score (nSPS) is 12.9. The monoisotopic (exact) mass is 184 g/mol. The minimum absolute atomic E-state index is 0.219. The van der Waals surface area contributed by atoms with Crippen LogP contribution in [-0.2, 0) is 6.42 Å². The van der Waals surface area contributed by atoms with Gasteiger partial charge >= 0.3 is 0 Å². The van der Waals surface area contributed by atoms with Gasteiger partial charge in [0.15, 0.2) is 0 Å². The zero-order valence-corrected chi connectivity index (χ0v) is 7.98. The number of rotatable bonds is 3. The summed E-state index contributed by atoms with van der Waals surface area (Å²) in [6.07, 6.45) is 1.42. The van der Waals surface area contributed by atoms with Crippen LogP contribution in [0.15, 0.2) is 18.2 Å². The Morgan fingerprint density at radius 2 is 1.77 bits per heavy atom. The molecule has 0 aliphatic rings. The lowest BCUT2D eigenvalue weighted by Gasteiger charge is -2.09. The molecule has 0 aliphatic heterocycles. The highest BCUT2D eigenvalue weighted by Gasteiger charge is 2.10. The molecular weight excluding hydrogens is 170 g/mol. The van der Waals surface area contributed by atoms with Gasteiger partial charge in [-0.15, -0.1) is 0 Å². The minimum Gasteiger partial charge on any atom is -0.207 e. The van der Waals surface area contributed by atoms with Gasteiger partial charge in [0, 0.05) is 5.56 Å². The van der Waals surface area contributed by atoms with E-state index in [4.69, 9.17) is 0 Å². The van der Waals surface area contributed by atoms with Crippen molar-refractivity contribution in [1.82, 2.24) is 0 Å². The zero-order valence-electron chi connectivity index (χ0n) is 7.98. The van der Waals surface area contributed by atoms with Gasteiger partial charge in [0.05, 0.1) is 0 Å². The third kappa shape index (κ3) is 2.51. The van der Waals surface area contributed by atoms with Gasteiger partial charge in [0.1, 0.15) is 11.6 Å². The standard InChI is InChI=1S/C11H14F2/c1-3-8(2)7-9-10(12)5-4-6-11(9)13/h4-6,8H,3,7H2,1-2H3. The van der Waals surface area contributed by atoms with Crippen LogP contribution in [0.2, 0.25) is 0 Å². The smallest absolute Gasteiger partial charge is 0.129 e. The zero-order chi connectivity index (χ0) is 9.84. The summed E-state index contributed by atoms with van der Waals surface area (Å²) in [6.45, 7) is 4.01. The lowest BCUT2D eigenvalue weighted by molar-refractivity contribution is 0.498. The molecule has 0 saturated heterocycles. The van der Waals surface area contributed by atoms with Crippen LogP contribution in [0.5, 0.6) is 0 Å². The van der Waals surface area contributed by atoms with Gasteiger partial charge in [-0.1, -0.05) is 26.3 Å². The molecule has 0 bridgehead atoms. The molecule has 0 spiro atoms. The molecule has 1 aromatic carbocycles. The third-order valence-corrected chi connectivity index (χ3v) is 2.31. The lowest BCUT2D eigenvalue weighted by Crippen LogP contribution is -2.03. The first-order valence-corrected chi connectivity index (χ1v) is 4.58. The summed E-state index contributed by atoms with van der Waals surface area (Å²) in [5.41, 5.74) is 0.219. The Bertz CT molecular complexity index is 261. The fourth-order valence-corrected chi connectivity index (χ4v) is 1.22. The van der Waals surface area contributed by atoms with Crippen LogP contribution >= 0.6 is 0 Å². The minimum atomic E-state index is -0.430. The van der Waals surface area contributed by atoms with Crippen molar-refractivity contribution in [2.24, 2.45) is 5.92 Å². The van der Waals surface area contributed by atoms with Gasteiger partial charge < -0.3 is 0 Å². The van der Waals surface area contributed by atoms with Crippen molar-refractivity contribution in [3.63, 3.8) is 0 Å². The van der Waals surface area contributed by atoms with Crippen molar-refractivity contribution in [3.8, 4) is 0 Å². The molecular formula is C11H14F2. The van der Waals surface area contributed by atoms with Crippen molar-refractivity contribution in [1.29, 1.82) is 0 Å². The van der Waals surface area contributed by atoms with Gasteiger partial charge in [-0.2, -0.15) is 0 Å². The topological polar surface area (TPSA) is 0 Å². The van der Waals surface area contributed by atoms with E-state index in [1.165, 1.54) is 18.2 Å². The van der Waals surface area contributed by atoms with Crippen molar-refractivity contribution < 1.29 is 8.78 Å². The molecule has 13 heavy (non-hydrogen) atoms. The second kappa shape index (κ2) is 4.35. The van der Waals surface area contributed by atoms with Crippen LogP contribution < -0.4 is 0 Å². The molecule has 2 heteroatoms. The average molecular weight is 184 g/mol. The molecule has 72 valence electrons. The second-order valence-electron chi connectivity index (χ2n) is 3.42. The Morgan fingerprint density at radius 1 is 1.23 bits per heavy atom. The maximum atomic E-state index is 13.1. The molecule has 0 saturated carbocycles. The molecule has 0 heterocycles. The van der Waals surface area contributed by atoms with Crippen molar-refractivity contribution in [2.75, 3.05) is 0 Å². The van der Waals surface area contributed by atoms with Gasteiger partial charge in [0.2, 0.25) is 0 Å².